The number of hydrogen-bond acceptors (Lipinski definition) is 8. The number of ether oxygens (including phenoxy) is 3. The smallest absolute Gasteiger partial charge is 0.332 e. The van der Waals surface area contributed by atoms with E-state index in [0.29, 0.717) is 38.0 Å². The normalized spacial score (nSPS) is 18.4. The van der Waals surface area contributed by atoms with Crippen molar-refractivity contribution in [2.45, 2.75) is 63.8 Å². The zero-order chi connectivity index (χ0) is 38.0. The van der Waals surface area contributed by atoms with E-state index in [1.807, 2.05) is 127 Å². The third-order valence-corrected chi connectivity index (χ3v) is 9.19. The molecule has 4 unspecified atom stereocenters. The van der Waals surface area contributed by atoms with Crippen molar-refractivity contribution in [3.63, 3.8) is 0 Å². The molecule has 54 heavy (non-hydrogen) atoms. The van der Waals surface area contributed by atoms with Gasteiger partial charge in [-0.2, -0.15) is 0 Å². The Hall–Kier alpha value is -5.74. The Kier molecular flexibility index (Phi) is 15.4. The average Bonchev–Trinajstić information content (AvgIpc) is 3.21. The number of carbonyl (C=O) groups is 4. The minimum absolute atomic E-state index is 0.0306. The van der Waals surface area contributed by atoms with E-state index < -0.39 is 54.3 Å². The highest BCUT2D eigenvalue weighted by Gasteiger charge is 2.31. The number of aliphatic hydroxyl groups is 1. The highest BCUT2D eigenvalue weighted by molar-refractivity contribution is 5.89. The number of rotatable bonds is 14. The van der Waals surface area contributed by atoms with Crippen LogP contribution in [0.5, 0.6) is 5.75 Å². The number of allylic oxidation sites excluding steroid dienone is 2. The fourth-order valence-corrected chi connectivity index (χ4v) is 6.15. The minimum atomic E-state index is -1.29. The minimum Gasteiger partial charge on any atom is -0.489 e. The number of aliphatic hydroxyl groups excluding tert-OH is 1. The highest BCUT2D eigenvalue weighted by Crippen LogP contribution is 2.20. The summed E-state index contributed by atoms with van der Waals surface area (Å²) in [6, 6.07) is 34.2. The van der Waals surface area contributed by atoms with Crippen LogP contribution in [0.1, 0.15) is 47.9 Å². The monoisotopic (exact) mass is 732 g/mol. The van der Waals surface area contributed by atoms with Crippen molar-refractivity contribution in [2.24, 2.45) is 11.8 Å². The van der Waals surface area contributed by atoms with Crippen molar-refractivity contribution in [2.75, 3.05) is 13.2 Å². The van der Waals surface area contributed by atoms with Crippen molar-refractivity contribution in [1.82, 2.24) is 10.6 Å². The number of benzene rings is 4. The molecule has 282 valence electrons. The Morgan fingerprint density at radius 3 is 2.06 bits per heavy atom. The van der Waals surface area contributed by atoms with Gasteiger partial charge < -0.3 is 30.0 Å². The molecule has 0 fully saturated rings. The molecule has 0 spiro atoms. The second kappa shape index (κ2) is 21.1. The van der Waals surface area contributed by atoms with Crippen LogP contribution in [0.15, 0.2) is 127 Å². The van der Waals surface area contributed by atoms with Crippen molar-refractivity contribution < 1.29 is 38.5 Å². The fourth-order valence-electron chi connectivity index (χ4n) is 6.15. The van der Waals surface area contributed by atoms with Crippen molar-refractivity contribution in [3.8, 4) is 5.75 Å². The molecule has 0 aromatic heterocycles. The van der Waals surface area contributed by atoms with Gasteiger partial charge >= 0.3 is 11.9 Å². The average molecular weight is 733 g/mol. The summed E-state index contributed by atoms with van der Waals surface area (Å²) >= 11 is 0. The first-order valence-corrected chi connectivity index (χ1v) is 18.4. The molecule has 3 N–H and O–H groups in total. The molecule has 10 nitrogen and oxygen atoms in total. The van der Waals surface area contributed by atoms with Gasteiger partial charge in [-0.25, -0.2) is 4.79 Å². The highest BCUT2D eigenvalue weighted by atomic mass is 16.6. The van der Waals surface area contributed by atoms with Crippen LogP contribution in [-0.4, -0.2) is 54.2 Å². The van der Waals surface area contributed by atoms with Gasteiger partial charge in [0.2, 0.25) is 11.8 Å². The SMILES string of the molecule is O=C(CC1CC=CCCC(Cc2ccccc2)C(=O)OCC(C(=O)OCc2ccccc2)NC1=O)NC(CO)Cc1ccc(OCc2ccccc2)cc1. The molecule has 4 aromatic rings. The molecule has 1 aliphatic rings. The first-order chi connectivity index (χ1) is 26.4. The van der Waals surface area contributed by atoms with E-state index in [9.17, 15) is 24.3 Å². The maximum absolute atomic E-state index is 13.7. The Bertz CT molecular complexity index is 1800. The number of carbonyl (C=O) groups excluding carboxylic acids is 4. The van der Waals surface area contributed by atoms with Crippen molar-refractivity contribution >= 4 is 23.8 Å². The summed E-state index contributed by atoms with van der Waals surface area (Å²) < 4.78 is 17.1. The van der Waals surface area contributed by atoms with Crippen LogP contribution in [0.2, 0.25) is 0 Å². The third kappa shape index (κ3) is 13.0. The topological polar surface area (TPSA) is 140 Å². The number of esters is 2. The molecule has 10 heteroatoms. The number of amides is 2. The summed E-state index contributed by atoms with van der Waals surface area (Å²) in [6.07, 6.45) is 5.63. The van der Waals surface area contributed by atoms with Crippen LogP contribution in [-0.2, 0) is 54.7 Å². The zero-order valence-corrected chi connectivity index (χ0v) is 30.3. The lowest BCUT2D eigenvalue weighted by Crippen LogP contribution is -2.48. The first-order valence-electron chi connectivity index (χ1n) is 18.4. The molecule has 4 aromatic carbocycles. The standard InChI is InChI=1S/C44H48N2O8/c47-28-38(26-33-21-23-39(24-22-33)52-29-34-15-7-2-8-16-34)45-41(48)27-36-19-11-4-12-20-37(25-32-13-5-1-6-14-32)43(50)54-31-40(46-42(36)49)44(51)53-30-35-17-9-3-10-18-35/h1-11,13-18,21-24,36-38,40,47H,12,19-20,25-31H2,(H,45,48)(H,46,49). The number of nitrogens with one attached hydrogen (secondary N) is 2. The molecule has 1 aliphatic heterocycles. The Morgan fingerprint density at radius 2 is 1.41 bits per heavy atom. The van der Waals surface area contributed by atoms with E-state index in [4.69, 9.17) is 14.2 Å². The van der Waals surface area contributed by atoms with Gasteiger partial charge in [-0.05, 0) is 66.5 Å². The van der Waals surface area contributed by atoms with Crippen LogP contribution in [0.3, 0.4) is 0 Å². The fraction of sp³-hybridized carbons (Fsp3) is 0.318. The van der Waals surface area contributed by atoms with Gasteiger partial charge in [0.15, 0.2) is 6.04 Å². The Labute approximate surface area is 316 Å². The molecule has 0 saturated heterocycles. The maximum Gasteiger partial charge on any atom is 0.332 e. The van der Waals surface area contributed by atoms with Gasteiger partial charge in [-0.3, -0.25) is 14.4 Å². The summed E-state index contributed by atoms with van der Waals surface area (Å²) in [7, 11) is 0. The molecule has 4 atom stereocenters. The molecular formula is C44H48N2O8. The van der Waals surface area contributed by atoms with Gasteiger partial charge in [-0.15, -0.1) is 0 Å². The summed E-state index contributed by atoms with van der Waals surface area (Å²) in [5.41, 5.74) is 3.69. The number of hydrogen-bond donors (Lipinski definition) is 3. The predicted molar refractivity (Wildman–Crippen MR) is 204 cm³/mol. The van der Waals surface area contributed by atoms with Crippen LogP contribution in [0.25, 0.3) is 0 Å². The van der Waals surface area contributed by atoms with E-state index in [1.165, 1.54) is 0 Å². The molecule has 5 rings (SSSR count). The molecule has 0 radical (unpaired) electrons. The van der Waals surface area contributed by atoms with Crippen LogP contribution in [0.4, 0.5) is 0 Å². The van der Waals surface area contributed by atoms with E-state index >= 15 is 0 Å². The predicted octanol–water partition coefficient (Wildman–Crippen LogP) is 5.66. The first kappa shape index (κ1) is 39.5. The van der Waals surface area contributed by atoms with Gasteiger partial charge in [0.05, 0.1) is 24.5 Å². The molecule has 0 aliphatic carbocycles. The molecule has 1 heterocycles. The van der Waals surface area contributed by atoms with Crippen LogP contribution >= 0.6 is 0 Å². The lowest BCUT2D eigenvalue weighted by Gasteiger charge is -2.23. The zero-order valence-electron chi connectivity index (χ0n) is 30.3. The largest absolute Gasteiger partial charge is 0.489 e. The summed E-state index contributed by atoms with van der Waals surface area (Å²) in [4.78, 5) is 53.7. The van der Waals surface area contributed by atoms with Crippen LogP contribution in [0, 0.1) is 11.8 Å². The van der Waals surface area contributed by atoms with E-state index in [0.717, 1.165) is 22.3 Å². The second-order valence-corrected chi connectivity index (χ2v) is 13.4. The molecular weight excluding hydrogens is 684 g/mol. The lowest BCUT2D eigenvalue weighted by molar-refractivity contribution is -0.157. The second-order valence-electron chi connectivity index (χ2n) is 13.4. The molecule has 2 amide bonds. The third-order valence-electron chi connectivity index (χ3n) is 9.19. The Balaban J connectivity index is 1.22. The maximum atomic E-state index is 13.7. The van der Waals surface area contributed by atoms with E-state index in [1.54, 1.807) is 0 Å². The lowest BCUT2D eigenvalue weighted by atomic mass is 9.94. The summed E-state index contributed by atoms with van der Waals surface area (Å²) in [5.74, 6) is -2.82. The van der Waals surface area contributed by atoms with Gasteiger partial charge in [0.1, 0.15) is 25.6 Å². The quantitative estimate of drug-likeness (QED) is 0.112. The van der Waals surface area contributed by atoms with Gasteiger partial charge in [-0.1, -0.05) is 115 Å². The van der Waals surface area contributed by atoms with Crippen molar-refractivity contribution in [3.05, 3.63) is 150 Å². The molecule has 0 saturated carbocycles. The van der Waals surface area contributed by atoms with Gasteiger partial charge in [0.25, 0.3) is 0 Å². The van der Waals surface area contributed by atoms with Crippen molar-refractivity contribution in [1.29, 1.82) is 0 Å². The van der Waals surface area contributed by atoms with Crippen LogP contribution < -0.4 is 15.4 Å². The summed E-state index contributed by atoms with van der Waals surface area (Å²) in [6.45, 7) is -0.315. The summed E-state index contributed by atoms with van der Waals surface area (Å²) in [5, 5.41) is 15.7. The van der Waals surface area contributed by atoms with E-state index in [2.05, 4.69) is 10.6 Å². The van der Waals surface area contributed by atoms with E-state index in [-0.39, 0.29) is 26.1 Å². The Morgan fingerprint density at radius 1 is 0.778 bits per heavy atom. The van der Waals surface area contributed by atoms with Gasteiger partial charge in [0, 0.05) is 6.42 Å². The number of cyclic esters (lactones) is 1. The molecule has 0 bridgehead atoms.